The van der Waals surface area contributed by atoms with E-state index in [4.69, 9.17) is 0 Å². The average Bonchev–Trinajstić information content (AvgIpc) is 2.76. The zero-order valence-electron chi connectivity index (χ0n) is 13.7. The van der Waals surface area contributed by atoms with Crippen LogP contribution in [0, 0.1) is 16.7 Å². The second-order valence-corrected chi connectivity index (χ2v) is 7.92. The summed E-state index contributed by atoms with van der Waals surface area (Å²) in [5, 5.41) is 3.79. The second-order valence-electron chi connectivity index (χ2n) is 7.92. The Bertz CT molecular complexity index is 486. The molecule has 0 amide bonds. The van der Waals surface area contributed by atoms with Crippen molar-refractivity contribution >= 4 is 0 Å². The van der Waals surface area contributed by atoms with Crippen LogP contribution in [0.5, 0.6) is 0 Å². The van der Waals surface area contributed by atoms with Crippen LogP contribution in [0.2, 0.25) is 0 Å². The molecule has 0 aliphatic heterocycles. The van der Waals surface area contributed by atoms with Gasteiger partial charge in [-0.2, -0.15) is 0 Å². The summed E-state index contributed by atoms with van der Waals surface area (Å²) in [7, 11) is 0. The van der Waals surface area contributed by atoms with Gasteiger partial charge in [0.15, 0.2) is 0 Å². The lowest BCUT2D eigenvalue weighted by Crippen LogP contribution is -2.36. The molecule has 20 heavy (non-hydrogen) atoms. The topological polar surface area (TPSA) is 12.0 Å². The molecule has 1 nitrogen and oxygen atoms in total. The molecule has 2 aliphatic rings. The van der Waals surface area contributed by atoms with Crippen molar-refractivity contribution in [3.8, 4) is 0 Å². The van der Waals surface area contributed by atoms with Crippen molar-refractivity contribution in [2.24, 2.45) is 16.7 Å². The van der Waals surface area contributed by atoms with Gasteiger partial charge in [-0.3, -0.25) is 0 Å². The number of fused-ring (bicyclic) bond motifs is 1. The molecule has 1 fully saturated rings. The van der Waals surface area contributed by atoms with Gasteiger partial charge in [0.1, 0.15) is 0 Å². The van der Waals surface area contributed by atoms with E-state index in [1.807, 2.05) is 0 Å². The minimum absolute atomic E-state index is 0.475. The van der Waals surface area contributed by atoms with Gasteiger partial charge in [-0.1, -0.05) is 58.9 Å². The highest BCUT2D eigenvalue weighted by molar-refractivity contribution is 5.40. The van der Waals surface area contributed by atoms with Crippen molar-refractivity contribution in [2.45, 2.75) is 59.4 Å². The summed E-state index contributed by atoms with van der Waals surface area (Å²) in [6.45, 7) is 13.1. The van der Waals surface area contributed by atoms with Crippen LogP contribution in [0.1, 0.15) is 58.1 Å². The molecule has 2 atom stereocenters. The SMILES string of the molecule is CCNC(CC1Cc2ccccc21)C1C(C)(C)C1(C)C. The molecule has 1 saturated carbocycles. The quantitative estimate of drug-likeness (QED) is 0.838. The first-order chi connectivity index (χ1) is 9.39. The largest absolute Gasteiger partial charge is 0.314 e. The fourth-order valence-electron chi connectivity index (χ4n) is 4.73. The molecule has 1 N–H and O–H groups in total. The van der Waals surface area contributed by atoms with Gasteiger partial charge in [0.25, 0.3) is 0 Å². The van der Waals surface area contributed by atoms with Crippen molar-refractivity contribution < 1.29 is 0 Å². The smallest absolute Gasteiger partial charge is 0.0112 e. The maximum atomic E-state index is 3.79. The van der Waals surface area contributed by atoms with Crippen LogP contribution in [-0.2, 0) is 6.42 Å². The van der Waals surface area contributed by atoms with Crippen molar-refractivity contribution in [3.05, 3.63) is 35.4 Å². The summed E-state index contributed by atoms with van der Waals surface area (Å²) < 4.78 is 0. The van der Waals surface area contributed by atoms with Gasteiger partial charge >= 0.3 is 0 Å². The fourth-order valence-corrected chi connectivity index (χ4v) is 4.73. The Balaban J connectivity index is 1.72. The first kappa shape index (κ1) is 14.1. The molecule has 0 spiro atoms. The maximum Gasteiger partial charge on any atom is 0.0112 e. The van der Waals surface area contributed by atoms with Crippen molar-refractivity contribution in [1.29, 1.82) is 0 Å². The van der Waals surface area contributed by atoms with E-state index in [9.17, 15) is 0 Å². The highest BCUT2D eigenvalue weighted by atomic mass is 15.0. The van der Waals surface area contributed by atoms with Crippen LogP contribution in [-0.4, -0.2) is 12.6 Å². The Morgan fingerprint density at radius 2 is 1.80 bits per heavy atom. The minimum Gasteiger partial charge on any atom is -0.314 e. The summed E-state index contributed by atoms with van der Waals surface area (Å²) in [5.74, 6) is 1.59. The monoisotopic (exact) mass is 271 g/mol. The lowest BCUT2D eigenvalue weighted by atomic mass is 9.73. The zero-order valence-corrected chi connectivity index (χ0v) is 13.7. The number of nitrogens with one attached hydrogen (secondary N) is 1. The molecule has 1 aromatic rings. The number of hydrogen-bond donors (Lipinski definition) is 1. The van der Waals surface area contributed by atoms with E-state index in [2.05, 4.69) is 64.2 Å². The minimum atomic E-state index is 0.475. The van der Waals surface area contributed by atoms with Gasteiger partial charge in [-0.15, -0.1) is 0 Å². The van der Waals surface area contributed by atoms with Gasteiger partial charge in [0.2, 0.25) is 0 Å². The van der Waals surface area contributed by atoms with Crippen LogP contribution >= 0.6 is 0 Å². The van der Waals surface area contributed by atoms with E-state index >= 15 is 0 Å². The van der Waals surface area contributed by atoms with Crippen molar-refractivity contribution in [3.63, 3.8) is 0 Å². The van der Waals surface area contributed by atoms with Crippen LogP contribution in [0.25, 0.3) is 0 Å². The number of rotatable bonds is 5. The molecule has 110 valence electrons. The average molecular weight is 271 g/mol. The summed E-state index contributed by atoms with van der Waals surface area (Å²) in [4.78, 5) is 0. The van der Waals surface area contributed by atoms with E-state index in [0.29, 0.717) is 16.9 Å². The lowest BCUT2D eigenvalue weighted by Gasteiger charge is -2.34. The Labute approximate surface area is 124 Å². The highest BCUT2D eigenvalue weighted by Gasteiger charge is 2.66. The summed E-state index contributed by atoms with van der Waals surface area (Å²) in [6, 6.07) is 9.65. The van der Waals surface area contributed by atoms with Crippen LogP contribution in [0.15, 0.2) is 24.3 Å². The summed E-state index contributed by atoms with van der Waals surface area (Å²) >= 11 is 0. The zero-order chi connectivity index (χ0) is 14.5. The predicted molar refractivity (Wildman–Crippen MR) is 86.0 cm³/mol. The van der Waals surface area contributed by atoms with Crippen molar-refractivity contribution in [2.75, 3.05) is 6.54 Å². The third-order valence-corrected chi connectivity index (χ3v) is 6.50. The first-order valence-electron chi connectivity index (χ1n) is 8.20. The standard InChI is InChI=1S/C19H29N/c1-6-20-16(17-18(2,3)19(17,4)5)12-14-11-13-9-7-8-10-15(13)14/h7-10,14,16-17,20H,6,11-12H2,1-5H3. The van der Waals surface area contributed by atoms with Crippen molar-refractivity contribution in [1.82, 2.24) is 5.32 Å². The van der Waals surface area contributed by atoms with Crippen LogP contribution in [0.4, 0.5) is 0 Å². The van der Waals surface area contributed by atoms with Crippen LogP contribution < -0.4 is 5.32 Å². The predicted octanol–water partition coefficient (Wildman–Crippen LogP) is 4.38. The molecule has 3 rings (SSSR count). The van der Waals surface area contributed by atoms with E-state index in [1.54, 1.807) is 11.1 Å². The van der Waals surface area contributed by atoms with E-state index in [-0.39, 0.29) is 0 Å². The molecule has 1 aromatic carbocycles. The maximum absolute atomic E-state index is 3.79. The van der Waals surface area contributed by atoms with Gasteiger partial charge in [0.05, 0.1) is 0 Å². The fraction of sp³-hybridized carbons (Fsp3) is 0.684. The molecule has 2 unspecified atom stereocenters. The molecular weight excluding hydrogens is 242 g/mol. The van der Waals surface area contributed by atoms with Gasteiger partial charge in [0, 0.05) is 6.04 Å². The van der Waals surface area contributed by atoms with E-state index in [1.165, 1.54) is 12.8 Å². The van der Waals surface area contributed by atoms with Crippen LogP contribution in [0.3, 0.4) is 0 Å². The molecule has 0 saturated heterocycles. The van der Waals surface area contributed by atoms with Gasteiger partial charge in [-0.25, -0.2) is 0 Å². The van der Waals surface area contributed by atoms with E-state index in [0.717, 1.165) is 18.4 Å². The summed E-state index contributed by atoms with van der Waals surface area (Å²) in [6.07, 6.45) is 2.59. The Hall–Kier alpha value is -0.820. The second kappa shape index (κ2) is 4.59. The number of hydrogen-bond acceptors (Lipinski definition) is 1. The Kier molecular flexibility index (Phi) is 3.25. The first-order valence-corrected chi connectivity index (χ1v) is 8.20. The molecule has 0 radical (unpaired) electrons. The lowest BCUT2D eigenvalue weighted by molar-refractivity contribution is 0.346. The molecule has 1 heteroatoms. The van der Waals surface area contributed by atoms with Gasteiger partial charge in [-0.05, 0) is 53.2 Å². The molecule has 0 heterocycles. The van der Waals surface area contributed by atoms with Gasteiger partial charge < -0.3 is 5.32 Å². The summed E-state index contributed by atoms with van der Waals surface area (Å²) in [5.41, 5.74) is 4.13. The molecule has 0 bridgehead atoms. The normalized spacial score (nSPS) is 27.6. The number of benzene rings is 1. The molecule has 2 aliphatic carbocycles. The Morgan fingerprint density at radius 3 is 2.35 bits per heavy atom. The molecular formula is C19H29N. The third kappa shape index (κ3) is 1.94. The Morgan fingerprint density at radius 1 is 1.15 bits per heavy atom. The van der Waals surface area contributed by atoms with E-state index < -0.39 is 0 Å². The molecule has 0 aromatic heterocycles. The third-order valence-electron chi connectivity index (χ3n) is 6.50. The highest BCUT2D eigenvalue weighted by Crippen LogP contribution is 2.70.